The lowest BCUT2D eigenvalue weighted by Gasteiger charge is -2.50. The lowest BCUT2D eigenvalue weighted by Crippen LogP contribution is -2.59. The van der Waals surface area contributed by atoms with Gasteiger partial charge in [0, 0.05) is 36.8 Å². The fourth-order valence-corrected chi connectivity index (χ4v) is 4.57. The van der Waals surface area contributed by atoms with E-state index in [9.17, 15) is 0 Å². The van der Waals surface area contributed by atoms with Crippen LogP contribution < -0.4 is 5.32 Å². The van der Waals surface area contributed by atoms with Crippen LogP contribution in [0.2, 0.25) is 0 Å². The van der Waals surface area contributed by atoms with Crippen molar-refractivity contribution in [3.8, 4) is 0 Å². The maximum Gasteiger partial charge on any atom is 0.0195 e. The highest BCUT2D eigenvalue weighted by molar-refractivity contribution is 4.97. The Bertz CT molecular complexity index is 314. The van der Waals surface area contributed by atoms with Crippen LogP contribution in [0.25, 0.3) is 0 Å². The molecule has 1 aliphatic carbocycles. The third-order valence-electron chi connectivity index (χ3n) is 6.10. The molecule has 0 aromatic carbocycles. The lowest BCUT2D eigenvalue weighted by molar-refractivity contribution is 0.00600. The van der Waals surface area contributed by atoms with Crippen molar-refractivity contribution in [2.24, 2.45) is 0 Å². The molecule has 3 rings (SSSR count). The van der Waals surface area contributed by atoms with Crippen LogP contribution in [0, 0.1) is 0 Å². The van der Waals surface area contributed by atoms with E-state index in [-0.39, 0.29) is 0 Å². The van der Waals surface area contributed by atoms with Crippen molar-refractivity contribution >= 4 is 0 Å². The van der Waals surface area contributed by atoms with Gasteiger partial charge in [0.1, 0.15) is 0 Å². The fourth-order valence-electron chi connectivity index (χ4n) is 4.57. The number of nitrogens with one attached hydrogen (secondary N) is 1. The Morgan fingerprint density at radius 3 is 2.38 bits per heavy atom. The summed E-state index contributed by atoms with van der Waals surface area (Å²) < 4.78 is 0. The van der Waals surface area contributed by atoms with Gasteiger partial charge in [-0.1, -0.05) is 13.3 Å². The van der Waals surface area contributed by atoms with E-state index in [0.717, 1.165) is 30.2 Å². The van der Waals surface area contributed by atoms with E-state index in [4.69, 9.17) is 0 Å². The molecule has 0 spiro atoms. The quantitative estimate of drug-likeness (QED) is 0.779. The summed E-state index contributed by atoms with van der Waals surface area (Å²) in [5, 5.41) is 3.79. The fraction of sp³-hybridized carbons (Fsp3) is 1.00. The Hall–Kier alpha value is -0.120. The number of piperidine rings is 2. The van der Waals surface area contributed by atoms with Crippen LogP contribution in [-0.4, -0.2) is 60.1 Å². The van der Waals surface area contributed by atoms with Gasteiger partial charge in [0.2, 0.25) is 0 Å². The van der Waals surface area contributed by atoms with Gasteiger partial charge in [0.15, 0.2) is 0 Å². The highest BCUT2D eigenvalue weighted by Gasteiger charge is 2.39. The van der Waals surface area contributed by atoms with E-state index in [2.05, 4.69) is 36.0 Å². The van der Waals surface area contributed by atoms with Crippen LogP contribution in [-0.2, 0) is 0 Å². The van der Waals surface area contributed by atoms with Crippen LogP contribution in [0.5, 0.6) is 0 Å². The molecule has 3 unspecified atom stereocenters. The first kappa shape index (κ1) is 15.8. The van der Waals surface area contributed by atoms with E-state index in [1.54, 1.807) is 0 Å². The van der Waals surface area contributed by atoms with Crippen molar-refractivity contribution in [2.45, 2.75) is 95.4 Å². The normalized spacial score (nSPS) is 35.1. The summed E-state index contributed by atoms with van der Waals surface area (Å²) in [5.74, 6) is 0. The van der Waals surface area contributed by atoms with Crippen molar-refractivity contribution in [1.29, 1.82) is 0 Å². The minimum absolute atomic E-state index is 0.723. The summed E-state index contributed by atoms with van der Waals surface area (Å²) >= 11 is 0. The van der Waals surface area contributed by atoms with Crippen LogP contribution >= 0.6 is 0 Å². The van der Waals surface area contributed by atoms with Crippen molar-refractivity contribution in [3.05, 3.63) is 0 Å². The Morgan fingerprint density at radius 2 is 1.81 bits per heavy atom. The molecule has 3 fully saturated rings. The number of likely N-dealkylation sites (N-methyl/N-ethyl adjacent to an activating group) is 1. The summed E-state index contributed by atoms with van der Waals surface area (Å²) in [5.41, 5.74) is 0. The predicted molar refractivity (Wildman–Crippen MR) is 89.7 cm³/mol. The molecular weight excluding hydrogens is 258 g/mol. The molecule has 0 aromatic heterocycles. The maximum absolute atomic E-state index is 3.79. The summed E-state index contributed by atoms with van der Waals surface area (Å²) in [6, 6.07) is 4.10. The minimum Gasteiger partial charge on any atom is -0.314 e. The lowest BCUT2D eigenvalue weighted by atomic mass is 9.81. The highest BCUT2D eigenvalue weighted by Crippen LogP contribution is 2.35. The van der Waals surface area contributed by atoms with E-state index >= 15 is 0 Å². The van der Waals surface area contributed by atoms with Crippen molar-refractivity contribution in [3.63, 3.8) is 0 Å². The molecule has 3 atom stereocenters. The molecule has 3 nitrogen and oxygen atoms in total. The Kier molecular flexibility index (Phi) is 5.23. The van der Waals surface area contributed by atoms with Gasteiger partial charge < -0.3 is 5.32 Å². The zero-order valence-corrected chi connectivity index (χ0v) is 14.4. The number of hydrogen-bond donors (Lipinski definition) is 1. The first-order valence-electron chi connectivity index (χ1n) is 9.40. The molecule has 122 valence electrons. The second kappa shape index (κ2) is 6.97. The summed E-state index contributed by atoms with van der Waals surface area (Å²) in [6.45, 7) is 7.21. The second-order valence-corrected chi connectivity index (χ2v) is 7.80. The third kappa shape index (κ3) is 3.80. The number of nitrogens with zero attached hydrogens (tertiary/aromatic N) is 2. The van der Waals surface area contributed by atoms with Crippen LogP contribution in [0.1, 0.15) is 65.2 Å². The van der Waals surface area contributed by atoms with Gasteiger partial charge in [-0.3, -0.25) is 9.80 Å². The predicted octanol–water partition coefficient (Wildman–Crippen LogP) is 2.85. The molecule has 2 bridgehead atoms. The van der Waals surface area contributed by atoms with Gasteiger partial charge in [-0.15, -0.1) is 0 Å². The first-order valence-corrected chi connectivity index (χ1v) is 9.40. The topological polar surface area (TPSA) is 18.5 Å². The standard InChI is InChI=1S/C18H35N3/c1-4-10-19-15-11-17-6-5-7-18(12-15)21(17)13-14(2)20(3)16-8-9-16/h14-19H,4-13H2,1-3H3. The molecule has 0 amide bonds. The summed E-state index contributed by atoms with van der Waals surface area (Å²) in [4.78, 5) is 5.52. The largest absolute Gasteiger partial charge is 0.314 e. The van der Waals surface area contributed by atoms with Gasteiger partial charge in [0.25, 0.3) is 0 Å². The smallest absolute Gasteiger partial charge is 0.0195 e. The SMILES string of the molecule is CCCNC1CC2CCCC(C1)N2CC(C)N(C)C1CC1. The molecule has 2 heterocycles. The van der Waals surface area contributed by atoms with Gasteiger partial charge >= 0.3 is 0 Å². The zero-order chi connectivity index (χ0) is 14.8. The second-order valence-electron chi connectivity index (χ2n) is 7.80. The summed E-state index contributed by atoms with van der Waals surface area (Å²) in [7, 11) is 2.34. The Balaban J connectivity index is 1.55. The van der Waals surface area contributed by atoms with E-state index < -0.39 is 0 Å². The molecule has 1 N–H and O–H groups in total. The van der Waals surface area contributed by atoms with Gasteiger partial charge in [-0.25, -0.2) is 0 Å². The highest BCUT2D eigenvalue weighted by atomic mass is 15.3. The van der Waals surface area contributed by atoms with Crippen LogP contribution in [0.4, 0.5) is 0 Å². The molecule has 0 aromatic rings. The van der Waals surface area contributed by atoms with E-state index in [0.29, 0.717) is 0 Å². The number of rotatable bonds is 7. The van der Waals surface area contributed by atoms with Crippen molar-refractivity contribution in [2.75, 3.05) is 20.1 Å². The molecule has 2 saturated heterocycles. The molecule has 1 saturated carbocycles. The molecule has 2 aliphatic heterocycles. The van der Waals surface area contributed by atoms with Gasteiger partial charge in [0.05, 0.1) is 0 Å². The molecular formula is C18H35N3. The molecule has 21 heavy (non-hydrogen) atoms. The minimum atomic E-state index is 0.723. The number of fused-ring (bicyclic) bond motifs is 2. The molecule has 3 aliphatic rings. The van der Waals surface area contributed by atoms with Crippen LogP contribution in [0.15, 0.2) is 0 Å². The van der Waals surface area contributed by atoms with Gasteiger partial charge in [-0.05, 0) is 65.5 Å². The average Bonchev–Trinajstić information content (AvgIpc) is 3.29. The number of hydrogen-bond acceptors (Lipinski definition) is 3. The Labute approximate surface area is 131 Å². The zero-order valence-electron chi connectivity index (χ0n) is 14.4. The third-order valence-corrected chi connectivity index (χ3v) is 6.10. The van der Waals surface area contributed by atoms with E-state index in [1.807, 2.05) is 0 Å². The Morgan fingerprint density at radius 1 is 1.14 bits per heavy atom. The van der Waals surface area contributed by atoms with Crippen molar-refractivity contribution < 1.29 is 0 Å². The maximum atomic E-state index is 3.79. The molecule has 0 radical (unpaired) electrons. The molecule has 3 heteroatoms. The van der Waals surface area contributed by atoms with E-state index in [1.165, 1.54) is 64.5 Å². The van der Waals surface area contributed by atoms with Crippen LogP contribution in [0.3, 0.4) is 0 Å². The first-order chi connectivity index (χ1) is 10.2. The van der Waals surface area contributed by atoms with Crippen molar-refractivity contribution in [1.82, 2.24) is 15.1 Å². The average molecular weight is 293 g/mol. The van der Waals surface area contributed by atoms with Gasteiger partial charge in [-0.2, -0.15) is 0 Å². The monoisotopic (exact) mass is 293 g/mol. The summed E-state index contributed by atoms with van der Waals surface area (Å²) in [6.07, 6.45) is 11.2.